The van der Waals surface area contributed by atoms with E-state index in [1.54, 1.807) is 19.1 Å². The van der Waals surface area contributed by atoms with Crippen molar-refractivity contribution < 1.29 is 14.3 Å². The Morgan fingerprint density at radius 1 is 1.04 bits per heavy atom. The summed E-state index contributed by atoms with van der Waals surface area (Å²) in [7, 11) is 0. The van der Waals surface area contributed by atoms with Gasteiger partial charge in [0, 0.05) is 31.4 Å². The summed E-state index contributed by atoms with van der Waals surface area (Å²) >= 11 is 0. The maximum Gasteiger partial charge on any atom is 0.323 e. The molecular formula is C20H23N3O3. The molecule has 2 aromatic carbocycles. The molecule has 1 aliphatic rings. The highest BCUT2D eigenvalue weighted by Gasteiger charge is 2.18. The van der Waals surface area contributed by atoms with Gasteiger partial charge < -0.3 is 20.3 Å². The van der Waals surface area contributed by atoms with Crippen LogP contribution in [0.5, 0.6) is 5.75 Å². The molecule has 0 unspecified atom stereocenters. The molecule has 3 amide bonds. The first-order chi connectivity index (χ1) is 12.5. The number of benzene rings is 2. The van der Waals surface area contributed by atoms with Gasteiger partial charge in [-0.1, -0.05) is 6.07 Å². The zero-order valence-corrected chi connectivity index (χ0v) is 15.0. The Bertz CT molecular complexity index is 802. The average molecular weight is 353 g/mol. The number of ether oxygens (including phenoxy) is 1. The van der Waals surface area contributed by atoms with Crippen molar-refractivity contribution in [2.24, 2.45) is 0 Å². The first-order valence-corrected chi connectivity index (χ1v) is 8.73. The fourth-order valence-electron chi connectivity index (χ4n) is 3.00. The van der Waals surface area contributed by atoms with Gasteiger partial charge in [-0.25, -0.2) is 4.79 Å². The third-order valence-corrected chi connectivity index (χ3v) is 4.34. The molecule has 0 fully saturated rings. The maximum atomic E-state index is 12.2. The Morgan fingerprint density at radius 3 is 2.42 bits per heavy atom. The van der Waals surface area contributed by atoms with E-state index in [0.717, 1.165) is 24.3 Å². The second-order valence-corrected chi connectivity index (χ2v) is 6.21. The minimum Gasteiger partial charge on any atom is -0.494 e. The van der Waals surface area contributed by atoms with E-state index in [2.05, 4.69) is 10.6 Å². The molecule has 0 spiro atoms. The molecule has 1 heterocycles. The van der Waals surface area contributed by atoms with Crippen LogP contribution in [0.4, 0.5) is 16.2 Å². The predicted molar refractivity (Wildman–Crippen MR) is 101 cm³/mol. The SMILES string of the molecule is CCOc1ccc(NC(=O)Nc2ccc3c(c2)CN(C(C)=O)CC3)cc1. The summed E-state index contributed by atoms with van der Waals surface area (Å²) in [4.78, 5) is 25.6. The monoisotopic (exact) mass is 353 g/mol. The number of anilines is 2. The van der Waals surface area contributed by atoms with Crippen LogP contribution < -0.4 is 15.4 Å². The highest BCUT2D eigenvalue weighted by molar-refractivity contribution is 5.99. The number of nitrogens with zero attached hydrogens (tertiary/aromatic N) is 1. The average Bonchev–Trinajstić information content (AvgIpc) is 2.63. The molecule has 1 aliphatic heterocycles. The number of hydrogen-bond donors (Lipinski definition) is 2. The van der Waals surface area contributed by atoms with Gasteiger partial charge >= 0.3 is 6.03 Å². The van der Waals surface area contributed by atoms with Gasteiger partial charge in [0.2, 0.25) is 5.91 Å². The number of carbonyl (C=O) groups is 2. The third-order valence-electron chi connectivity index (χ3n) is 4.34. The lowest BCUT2D eigenvalue weighted by Gasteiger charge is -2.28. The lowest BCUT2D eigenvalue weighted by molar-refractivity contribution is -0.129. The highest BCUT2D eigenvalue weighted by Crippen LogP contribution is 2.23. The van der Waals surface area contributed by atoms with Crippen molar-refractivity contribution in [1.82, 2.24) is 4.90 Å². The number of rotatable bonds is 4. The van der Waals surface area contributed by atoms with E-state index in [0.29, 0.717) is 24.5 Å². The van der Waals surface area contributed by atoms with Crippen LogP contribution in [0, 0.1) is 0 Å². The van der Waals surface area contributed by atoms with E-state index in [9.17, 15) is 9.59 Å². The van der Waals surface area contributed by atoms with E-state index < -0.39 is 0 Å². The molecule has 3 rings (SSSR count). The van der Waals surface area contributed by atoms with Crippen LogP contribution in [0.3, 0.4) is 0 Å². The summed E-state index contributed by atoms with van der Waals surface area (Å²) in [5, 5.41) is 5.64. The fourth-order valence-corrected chi connectivity index (χ4v) is 3.00. The van der Waals surface area contributed by atoms with Crippen molar-refractivity contribution >= 4 is 23.3 Å². The second-order valence-electron chi connectivity index (χ2n) is 6.21. The van der Waals surface area contributed by atoms with Gasteiger partial charge in [-0.05, 0) is 60.9 Å². The molecule has 0 atom stereocenters. The van der Waals surface area contributed by atoms with Crippen LogP contribution in [0.25, 0.3) is 0 Å². The molecule has 0 saturated carbocycles. The standard InChI is InChI=1S/C20H23N3O3/c1-3-26-19-8-6-17(7-9-19)21-20(25)22-18-5-4-15-10-11-23(14(2)24)13-16(15)12-18/h4-9,12H,3,10-11,13H2,1-2H3,(H2,21,22,25). The number of fused-ring (bicyclic) bond motifs is 1. The van der Waals surface area contributed by atoms with Crippen molar-refractivity contribution in [3.05, 3.63) is 53.6 Å². The topological polar surface area (TPSA) is 70.7 Å². The molecular weight excluding hydrogens is 330 g/mol. The van der Waals surface area contributed by atoms with E-state index in [4.69, 9.17) is 4.74 Å². The van der Waals surface area contributed by atoms with Gasteiger partial charge in [-0.2, -0.15) is 0 Å². The number of amides is 3. The van der Waals surface area contributed by atoms with Crippen LogP contribution in [-0.2, 0) is 17.8 Å². The summed E-state index contributed by atoms with van der Waals surface area (Å²) in [5.41, 5.74) is 3.69. The zero-order chi connectivity index (χ0) is 18.5. The Labute approximate surface area is 153 Å². The Balaban J connectivity index is 1.62. The summed E-state index contributed by atoms with van der Waals surface area (Å²) < 4.78 is 5.38. The maximum absolute atomic E-state index is 12.2. The Kier molecular flexibility index (Phi) is 5.41. The van der Waals surface area contributed by atoms with E-state index in [1.165, 1.54) is 5.56 Å². The molecule has 0 aromatic heterocycles. The molecule has 2 aromatic rings. The van der Waals surface area contributed by atoms with Crippen LogP contribution in [0.15, 0.2) is 42.5 Å². The third kappa shape index (κ3) is 4.33. The lowest BCUT2D eigenvalue weighted by Crippen LogP contribution is -2.34. The molecule has 136 valence electrons. The molecule has 26 heavy (non-hydrogen) atoms. The first kappa shape index (κ1) is 17.8. The first-order valence-electron chi connectivity index (χ1n) is 8.73. The molecule has 6 nitrogen and oxygen atoms in total. The number of nitrogens with one attached hydrogen (secondary N) is 2. The Morgan fingerprint density at radius 2 is 1.73 bits per heavy atom. The van der Waals surface area contributed by atoms with Gasteiger partial charge in [0.1, 0.15) is 5.75 Å². The second kappa shape index (κ2) is 7.91. The van der Waals surface area contributed by atoms with E-state index in [1.807, 2.05) is 42.2 Å². The van der Waals surface area contributed by atoms with Crippen molar-refractivity contribution in [2.45, 2.75) is 26.8 Å². The largest absolute Gasteiger partial charge is 0.494 e. The van der Waals surface area contributed by atoms with Gasteiger partial charge in [-0.15, -0.1) is 0 Å². The summed E-state index contributed by atoms with van der Waals surface area (Å²) in [6.45, 7) is 5.44. The summed E-state index contributed by atoms with van der Waals surface area (Å²) in [6.07, 6.45) is 0.841. The van der Waals surface area contributed by atoms with E-state index in [-0.39, 0.29) is 11.9 Å². The smallest absolute Gasteiger partial charge is 0.323 e. The lowest BCUT2D eigenvalue weighted by atomic mass is 9.99. The van der Waals surface area contributed by atoms with Crippen molar-refractivity contribution in [2.75, 3.05) is 23.8 Å². The van der Waals surface area contributed by atoms with Crippen LogP contribution in [0.2, 0.25) is 0 Å². The van der Waals surface area contributed by atoms with Crippen molar-refractivity contribution in [1.29, 1.82) is 0 Å². The molecule has 0 bridgehead atoms. The molecule has 0 aliphatic carbocycles. The van der Waals surface area contributed by atoms with Gasteiger partial charge in [-0.3, -0.25) is 4.79 Å². The van der Waals surface area contributed by atoms with Gasteiger partial charge in [0.25, 0.3) is 0 Å². The molecule has 0 saturated heterocycles. The zero-order valence-electron chi connectivity index (χ0n) is 15.0. The normalized spacial score (nSPS) is 12.9. The number of carbonyl (C=O) groups excluding carboxylic acids is 2. The predicted octanol–water partition coefficient (Wildman–Crippen LogP) is 3.63. The Hall–Kier alpha value is -3.02. The van der Waals surface area contributed by atoms with Gasteiger partial charge in [0.05, 0.1) is 6.61 Å². The minimum atomic E-state index is -0.312. The van der Waals surface area contributed by atoms with E-state index >= 15 is 0 Å². The van der Waals surface area contributed by atoms with Crippen molar-refractivity contribution in [3.8, 4) is 5.75 Å². The molecule has 6 heteroatoms. The van der Waals surface area contributed by atoms with Crippen LogP contribution in [0.1, 0.15) is 25.0 Å². The number of urea groups is 1. The van der Waals surface area contributed by atoms with Crippen LogP contribution >= 0.6 is 0 Å². The van der Waals surface area contributed by atoms with Crippen molar-refractivity contribution in [3.63, 3.8) is 0 Å². The fraction of sp³-hybridized carbons (Fsp3) is 0.300. The highest BCUT2D eigenvalue weighted by atomic mass is 16.5. The van der Waals surface area contributed by atoms with Crippen LogP contribution in [-0.4, -0.2) is 30.0 Å². The molecule has 0 radical (unpaired) electrons. The summed E-state index contributed by atoms with van der Waals surface area (Å²) in [6, 6.07) is 12.7. The quantitative estimate of drug-likeness (QED) is 0.882. The summed E-state index contributed by atoms with van der Waals surface area (Å²) in [5.74, 6) is 0.838. The minimum absolute atomic E-state index is 0.0715. The molecule has 2 N–H and O–H groups in total. The number of hydrogen-bond acceptors (Lipinski definition) is 3. The van der Waals surface area contributed by atoms with Gasteiger partial charge in [0.15, 0.2) is 0 Å².